The van der Waals surface area contributed by atoms with E-state index in [2.05, 4.69) is 0 Å². The summed E-state index contributed by atoms with van der Waals surface area (Å²) in [6.07, 6.45) is 0.276. The van der Waals surface area contributed by atoms with Crippen LogP contribution in [0.15, 0.2) is 0 Å². The zero-order chi connectivity index (χ0) is 8.57. The molecule has 0 aliphatic rings. The van der Waals surface area contributed by atoms with Gasteiger partial charge in [0.25, 0.3) is 0 Å². The average molecular weight is 189 g/mol. The van der Waals surface area contributed by atoms with Crippen molar-refractivity contribution in [2.75, 3.05) is 5.88 Å². The molecule has 0 aromatic carbocycles. The summed E-state index contributed by atoms with van der Waals surface area (Å²) in [4.78, 5) is 0. The summed E-state index contributed by atoms with van der Waals surface area (Å²) in [6.45, 7) is 3.46. The van der Waals surface area contributed by atoms with Gasteiger partial charge < -0.3 is 10.2 Å². The molecule has 0 spiro atoms. The monoisotopic (exact) mass is 188 g/mol. The van der Waals surface area contributed by atoms with Crippen molar-refractivity contribution in [2.45, 2.75) is 31.9 Å². The van der Waals surface area contributed by atoms with Crippen molar-refractivity contribution in [3.63, 3.8) is 0 Å². The Kier molecular flexibility index (Phi) is 12.5. The molecular formula is C6H14Cl2O2. The molecule has 2 nitrogen and oxygen atoms in total. The molecule has 0 saturated carbocycles. The quantitative estimate of drug-likeness (QED) is 0.647. The van der Waals surface area contributed by atoms with Gasteiger partial charge in [-0.05, 0) is 13.3 Å². The molecule has 2 atom stereocenters. The molecule has 0 aliphatic heterocycles. The molecule has 64 valence electrons. The molecule has 2 unspecified atom stereocenters. The van der Waals surface area contributed by atoms with Gasteiger partial charge in [0.2, 0.25) is 0 Å². The van der Waals surface area contributed by atoms with Crippen molar-refractivity contribution >= 4 is 23.2 Å². The third kappa shape index (κ3) is 23.6. The van der Waals surface area contributed by atoms with Crippen LogP contribution in [0.1, 0.15) is 20.3 Å². The summed E-state index contributed by atoms with van der Waals surface area (Å²) < 4.78 is 0. The van der Waals surface area contributed by atoms with Gasteiger partial charge in [-0.1, -0.05) is 18.5 Å². The molecule has 0 fully saturated rings. The van der Waals surface area contributed by atoms with Crippen molar-refractivity contribution < 1.29 is 10.2 Å². The molecule has 0 radical (unpaired) electrons. The maximum Gasteiger partial charge on any atom is 0.127 e. The Morgan fingerprint density at radius 3 is 1.60 bits per heavy atom. The fourth-order valence-electron chi connectivity index (χ4n) is 0. The zero-order valence-corrected chi connectivity index (χ0v) is 7.73. The van der Waals surface area contributed by atoms with E-state index < -0.39 is 5.56 Å². The predicted octanol–water partition coefficient (Wildman–Crippen LogP) is 1.56. The van der Waals surface area contributed by atoms with Crippen molar-refractivity contribution in [1.82, 2.24) is 0 Å². The van der Waals surface area contributed by atoms with E-state index in [1.54, 1.807) is 6.92 Å². The molecular weight excluding hydrogens is 175 g/mol. The molecule has 0 aromatic heterocycles. The van der Waals surface area contributed by atoms with Crippen LogP contribution in [-0.2, 0) is 0 Å². The second-order valence-electron chi connectivity index (χ2n) is 1.85. The van der Waals surface area contributed by atoms with Crippen molar-refractivity contribution in [3.05, 3.63) is 0 Å². The van der Waals surface area contributed by atoms with Gasteiger partial charge in [-0.25, -0.2) is 0 Å². The lowest BCUT2D eigenvalue weighted by atomic mass is 10.5. The molecule has 10 heavy (non-hydrogen) atoms. The van der Waals surface area contributed by atoms with Gasteiger partial charge in [0.1, 0.15) is 5.56 Å². The highest BCUT2D eigenvalue weighted by Gasteiger charge is 1.85. The zero-order valence-electron chi connectivity index (χ0n) is 6.22. The van der Waals surface area contributed by atoms with Crippen LogP contribution in [0.2, 0.25) is 0 Å². The fraction of sp³-hybridized carbons (Fsp3) is 1.00. The second-order valence-corrected chi connectivity index (χ2v) is 2.66. The normalized spacial score (nSPS) is 15.0. The Hall–Kier alpha value is 0.500. The van der Waals surface area contributed by atoms with Gasteiger partial charge in [0.15, 0.2) is 0 Å². The lowest BCUT2D eigenvalue weighted by Crippen LogP contribution is -1.98. The fourth-order valence-corrected chi connectivity index (χ4v) is 0. The van der Waals surface area contributed by atoms with Crippen LogP contribution >= 0.6 is 23.2 Å². The number of rotatable bonds is 2. The van der Waals surface area contributed by atoms with Crippen LogP contribution in [-0.4, -0.2) is 27.8 Å². The molecule has 0 aliphatic carbocycles. The molecule has 2 N–H and O–H groups in total. The van der Waals surface area contributed by atoms with Crippen molar-refractivity contribution in [1.29, 1.82) is 0 Å². The molecule has 0 saturated heterocycles. The maximum absolute atomic E-state index is 8.23. The Balaban J connectivity index is 0. The van der Waals surface area contributed by atoms with Gasteiger partial charge in [-0.3, -0.25) is 0 Å². The van der Waals surface area contributed by atoms with Gasteiger partial charge in [-0.2, -0.15) is 0 Å². The van der Waals surface area contributed by atoms with E-state index >= 15 is 0 Å². The number of hydrogen-bond donors (Lipinski definition) is 2. The van der Waals surface area contributed by atoms with E-state index in [9.17, 15) is 0 Å². The van der Waals surface area contributed by atoms with Crippen LogP contribution < -0.4 is 0 Å². The minimum Gasteiger partial charge on any atom is -0.392 e. The largest absolute Gasteiger partial charge is 0.392 e. The highest BCUT2D eigenvalue weighted by molar-refractivity contribution is 6.19. The molecule has 4 heteroatoms. The Morgan fingerprint density at radius 1 is 1.40 bits per heavy atom. The second kappa shape index (κ2) is 9.50. The third-order valence-corrected chi connectivity index (χ3v) is 1.32. The third-order valence-electron chi connectivity index (χ3n) is 0.560. The van der Waals surface area contributed by atoms with E-state index in [1.165, 1.54) is 0 Å². The summed E-state index contributed by atoms with van der Waals surface area (Å²) in [7, 11) is 0. The lowest BCUT2D eigenvalue weighted by molar-refractivity contribution is 0.219. The average Bonchev–Trinajstić information content (AvgIpc) is 1.89. The van der Waals surface area contributed by atoms with E-state index in [0.29, 0.717) is 12.3 Å². The summed E-state index contributed by atoms with van der Waals surface area (Å²) in [5.41, 5.74) is -0.644. The summed E-state index contributed by atoms with van der Waals surface area (Å²) in [5.74, 6) is 0.333. The lowest BCUT2D eigenvalue weighted by Gasteiger charge is -1.88. The molecule has 0 heterocycles. The van der Waals surface area contributed by atoms with Crippen LogP contribution in [0.3, 0.4) is 0 Å². The van der Waals surface area contributed by atoms with Crippen LogP contribution in [0.25, 0.3) is 0 Å². The number of alkyl halides is 2. The first kappa shape index (κ1) is 13.1. The SMILES string of the molecule is CC(O)CCl.CCC(O)Cl. The van der Waals surface area contributed by atoms with E-state index in [1.807, 2.05) is 6.92 Å². The summed E-state index contributed by atoms with van der Waals surface area (Å²) in [6, 6.07) is 0. The molecule has 0 bridgehead atoms. The van der Waals surface area contributed by atoms with Crippen molar-refractivity contribution in [3.8, 4) is 0 Å². The first-order chi connectivity index (χ1) is 4.54. The summed E-state index contributed by atoms with van der Waals surface area (Å²) in [5, 5.41) is 16.4. The summed E-state index contributed by atoms with van der Waals surface area (Å²) >= 11 is 10.1. The molecule has 0 amide bonds. The minimum atomic E-state index is -0.644. The van der Waals surface area contributed by atoms with Gasteiger partial charge in [-0.15, -0.1) is 11.6 Å². The first-order valence-corrected chi connectivity index (χ1v) is 4.07. The standard InChI is InChI=1S/2C3H7ClO/c1-3(5)2-4;1-2-3(4)5/h2*3,5H,2H2,1H3. The van der Waals surface area contributed by atoms with Crippen molar-refractivity contribution in [2.24, 2.45) is 0 Å². The molecule has 0 aromatic rings. The Labute approximate surface area is 71.8 Å². The van der Waals surface area contributed by atoms with Gasteiger partial charge in [0, 0.05) is 5.88 Å². The predicted molar refractivity (Wildman–Crippen MR) is 44.6 cm³/mol. The Bertz CT molecular complexity index is 49.7. The van der Waals surface area contributed by atoms with Gasteiger partial charge >= 0.3 is 0 Å². The highest BCUT2D eigenvalue weighted by Crippen LogP contribution is 1.91. The van der Waals surface area contributed by atoms with Gasteiger partial charge in [0.05, 0.1) is 6.10 Å². The van der Waals surface area contributed by atoms with Crippen LogP contribution in [0, 0.1) is 0 Å². The number of halogens is 2. The number of aliphatic hydroxyl groups excluding tert-OH is 2. The van der Waals surface area contributed by atoms with E-state index in [0.717, 1.165) is 0 Å². The van der Waals surface area contributed by atoms with Crippen LogP contribution in [0.4, 0.5) is 0 Å². The number of aliphatic hydroxyl groups is 2. The minimum absolute atomic E-state index is 0.333. The van der Waals surface area contributed by atoms with E-state index in [-0.39, 0.29) is 6.10 Å². The Morgan fingerprint density at radius 2 is 1.60 bits per heavy atom. The highest BCUT2D eigenvalue weighted by atomic mass is 35.5. The maximum atomic E-state index is 8.23. The van der Waals surface area contributed by atoms with Crippen LogP contribution in [0.5, 0.6) is 0 Å². The molecule has 0 rings (SSSR count). The smallest absolute Gasteiger partial charge is 0.127 e. The topological polar surface area (TPSA) is 40.5 Å². The van der Waals surface area contributed by atoms with E-state index in [4.69, 9.17) is 33.4 Å². The first-order valence-electron chi connectivity index (χ1n) is 3.10. The number of hydrogen-bond acceptors (Lipinski definition) is 2.